The highest BCUT2D eigenvalue weighted by Crippen LogP contribution is 2.45. The number of carbonyl (C=O) groups excluding carboxylic acids is 2. The standard InChI is InChI=1S/C24H20ClN5O4S/c1-2-33-23(32)22-20-11(8-27-22)18(19-14(28-20)9-26-10-15(19)31)16-6-7-17(34-16)35-24-29-13-5-3-4-12(25)21(13)30-24/h3-8,18,26-28H,2,9-10H2,1H3,(H,29,30). The van der Waals surface area contributed by atoms with Crippen molar-refractivity contribution < 1.29 is 18.7 Å². The second-order valence-corrected chi connectivity index (χ2v) is 9.53. The maximum Gasteiger partial charge on any atom is 0.356 e. The summed E-state index contributed by atoms with van der Waals surface area (Å²) in [6, 6.07) is 9.27. The number of nitrogens with one attached hydrogen (secondary N) is 4. The lowest BCUT2D eigenvalue weighted by Crippen LogP contribution is -2.39. The molecule has 11 heteroatoms. The molecule has 0 aliphatic carbocycles. The molecule has 5 heterocycles. The summed E-state index contributed by atoms with van der Waals surface area (Å²) in [7, 11) is 0. The predicted octanol–water partition coefficient (Wildman–Crippen LogP) is 4.45. The number of Topliss-reactive ketones (excluding diaryl/α,β-unsaturated/α-hetero) is 1. The maximum absolute atomic E-state index is 13.0. The van der Waals surface area contributed by atoms with Crippen LogP contribution in [0.3, 0.4) is 0 Å². The average molecular weight is 510 g/mol. The number of aromatic nitrogens is 3. The van der Waals surface area contributed by atoms with E-state index in [1.54, 1.807) is 19.2 Å². The van der Waals surface area contributed by atoms with Gasteiger partial charge in [-0.3, -0.25) is 4.79 Å². The van der Waals surface area contributed by atoms with Gasteiger partial charge in [0.2, 0.25) is 0 Å². The first-order chi connectivity index (χ1) is 17.0. The van der Waals surface area contributed by atoms with Gasteiger partial charge < -0.3 is 29.8 Å². The molecule has 9 nitrogen and oxygen atoms in total. The highest BCUT2D eigenvalue weighted by atomic mass is 35.5. The number of anilines is 1. The van der Waals surface area contributed by atoms with Crippen molar-refractivity contribution in [3.8, 4) is 0 Å². The molecular formula is C24H20ClN5O4S. The first-order valence-electron chi connectivity index (χ1n) is 11.1. The van der Waals surface area contributed by atoms with Gasteiger partial charge in [0.05, 0.1) is 35.3 Å². The zero-order valence-electron chi connectivity index (χ0n) is 18.5. The van der Waals surface area contributed by atoms with E-state index in [1.165, 1.54) is 11.8 Å². The third-order valence-corrected chi connectivity index (χ3v) is 7.12. The Balaban J connectivity index is 1.38. The number of carbonyl (C=O) groups is 2. The van der Waals surface area contributed by atoms with Gasteiger partial charge in [-0.1, -0.05) is 17.7 Å². The topological polar surface area (TPSA) is 125 Å². The molecule has 0 bridgehead atoms. The van der Waals surface area contributed by atoms with E-state index in [1.807, 2.05) is 24.3 Å². The summed E-state index contributed by atoms with van der Waals surface area (Å²) in [5.41, 5.74) is 4.55. The van der Waals surface area contributed by atoms with Gasteiger partial charge in [-0.15, -0.1) is 0 Å². The maximum atomic E-state index is 13.0. The number of fused-ring (bicyclic) bond motifs is 2. The number of hydrogen-bond acceptors (Lipinski definition) is 8. The van der Waals surface area contributed by atoms with Crippen LogP contribution < -0.4 is 10.6 Å². The Hall–Kier alpha value is -3.47. The molecule has 0 radical (unpaired) electrons. The van der Waals surface area contributed by atoms with Crippen molar-refractivity contribution in [2.24, 2.45) is 0 Å². The van der Waals surface area contributed by atoms with E-state index < -0.39 is 11.9 Å². The van der Waals surface area contributed by atoms with Crippen molar-refractivity contribution in [3.63, 3.8) is 0 Å². The first kappa shape index (κ1) is 22.0. The zero-order valence-corrected chi connectivity index (χ0v) is 20.1. The largest absolute Gasteiger partial charge is 0.461 e. The van der Waals surface area contributed by atoms with Gasteiger partial charge in [0, 0.05) is 29.6 Å². The Morgan fingerprint density at radius 3 is 3.00 bits per heavy atom. The van der Waals surface area contributed by atoms with E-state index in [0.29, 0.717) is 50.0 Å². The fourth-order valence-corrected chi connectivity index (χ4v) is 5.52. The summed E-state index contributed by atoms with van der Waals surface area (Å²) >= 11 is 7.58. The van der Waals surface area contributed by atoms with Crippen molar-refractivity contribution in [2.75, 3.05) is 25.0 Å². The number of imidazole rings is 1. The number of para-hydroxylation sites is 1. The third kappa shape index (κ3) is 3.74. The number of hydrogen-bond donors (Lipinski definition) is 4. The second-order valence-electron chi connectivity index (χ2n) is 8.13. The highest BCUT2D eigenvalue weighted by molar-refractivity contribution is 7.99. The smallest absolute Gasteiger partial charge is 0.356 e. The lowest BCUT2D eigenvalue weighted by molar-refractivity contribution is -0.115. The van der Waals surface area contributed by atoms with Crippen LogP contribution >= 0.6 is 23.4 Å². The molecule has 4 aromatic rings. The van der Waals surface area contributed by atoms with Gasteiger partial charge in [0.15, 0.2) is 16.0 Å². The van der Waals surface area contributed by atoms with Crippen molar-refractivity contribution in [1.82, 2.24) is 20.3 Å². The van der Waals surface area contributed by atoms with Gasteiger partial charge >= 0.3 is 5.97 Å². The molecule has 0 spiro atoms. The summed E-state index contributed by atoms with van der Waals surface area (Å²) in [6.07, 6.45) is 1.73. The van der Waals surface area contributed by atoms with Crippen LogP contribution in [0.5, 0.6) is 0 Å². The van der Waals surface area contributed by atoms with Gasteiger partial charge in [0.1, 0.15) is 17.0 Å². The number of halogens is 1. The van der Waals surface area contributed by atoms with Crippen LogP contribution in [-0.4, -0.2) is 46.4 Å². The minimum Gasteiger partial charge on any atom is -0.461 e. The molecule has 1 aromatic carbocycles. The summed E-state index contributed by atoms with van der Waals surface area (Å²) in [5.74, 6) is -0.347. The average Bonchev–Trinajstić information content (AvgIpc) is 3.57. The lowest BCUT2D eigenvalue weighted by atomic mass is 9.82. The number of furan rings is 1. The molecule has 4 N–H and O–H groups in total. The van der Waals surface area contributed by atoms with Gasteiger partial charge in [-0.05, 0) is 43.0 Å². The van der Waals surface area contributed by atoms with Gasteiger partial charge in [-0.2, -0.15) is 0 Å². The number of rotatable bonds is 5. The van der Waals surface area contributed by atoms with Crippen LogP contribution in [0.4, 0.5) is 5.69 Å². The molecule has 6 rings (SSSR count). The van der Waals surface area contributed by atoms with Crippen LogP contribution in [0.25, 0.3) is 11.0 Å². The number of nitrogens with zero attached hydrogens (tertiary/aromatic N) is 1. The normalized spacial score (nSPS) is 17.3. The van der Waals surface area contributed by atoms with Crippen molar-refractivity contribution in [2.45, 2.75) is 23.1 Å². The molecule has 2 aliphatic heterocycles. The van der Waals surface area contributed by atoms with E-state index in [2.05, 4.69) is 25.6 Å². The summed E-state index contributed by atoms with van der Waals surface area (Å²) in [6.45, 7) is 2.73. The molecule has 2 aliphatic rings. The Bertz CT molecular complexity index is 1520. The number of aromatic amines is 2. The second kappa shape index (κ2) is 8.63. The molecular weight excluding hydrogens is 490 g/mol. The van der Waals surface area contributed by atoms with Crippen LogP contribution in [0.15, 0.2) is 62.5 Å². The number of ether oxygens (including phenoxy) is 1. The number of ketones is 1. The van der Waals surface area contributed by atoms with Crippen LogP contribution in [-0.2, 0) is 9.53 Å². The summed E-state index contributed by atoms with van der Waals surface area (Å²) < 4.78 is 11.4. The molecule has 178 valence electrons. The van der Waals surface area contributed by atoms with E-state index in [4.69, 9.17) is 20.8 Å². The van der Waals surface area contributed by atoms with E-state index in [0.717, 1.165) is 16.8 Å². The fraction of sp³-hybridized carbons (Fsp3) is 0.208. The summed E-state index contributed by atoms with van der Waals surface area (Å²) in [4.78, 5) is 36.3. The first-order valence-corrected chi connectivity index (χ1v) is 12.3. The minimum absolute atomic E-state index is 0.0224. The zero-order chi connectivity index (χ0) is 24.1. The molecule has 0 fully saturated rings. The fourth-order valence-electron chi connectivity index (χ4n) is 4.54. The quantitative estimate of drug-likeness (QED) is 0.291. The van der Waals surface area contributed by atoms with Crippen LogP contribution in [0.2, 0.25) is 5.02 Å². The Labute approximate surface area is 208 Å². The molecule has 35 heavy (non-hydrogen) atoms. The molecule has 3 aromatic heterocycles. The predicted molar refractivity (Wildman–Crippen MR) is 131 cm³/mol. The van der Waals surface area contributed by atoms with Crippen molar-refractivity contribution in [3.05, 3.63) is 69.8 Å². The Kier molecular flexibility index (Phi) is 5.43. The lowest BCUT2D eigenvalue weighted by Gasteiger charge is -2.31. The molecule has 0 saturated carbocycles. The van der Waals surface area contributed by atoms with Gasteiger partial charge in [0.25, 0.3) is 0 Å². The molecule has 0 amide bonds. The van der Waals surface area contributed by atoms with E-state index >= 15 is 0 Å². The van der Waals surface area contributed by atoms with Crippen molar-refractivity contribution >= 4 is 51.8 Å². The van der Waals surface area contributed by atoms with E-state index in [9.17, 15) is 9.59 Å². The number of esters is 1. The van der Waals surface area contributed by atoms with Crippen LogP contribution in [0, 0.1) is 0 Å². The van der Waals surface area contributed by atoms with Crippen molar-refractivity contribution in [1.29, 1.82) is 0 Å². The molecule has 1 atom stereocenters. The third-order valence-electron chi connectivity index (χ3n) is 6.00. The van der Waals surface area contributed by atoms with Gasteiger partial charge in [-0.25, -0.2) is 9.78 Å². The highest BCUT2D eigenvalue weighted by Gasteiger charge is 2.39. The van der Waals surface area contributed by atoms with Crippen LogP contribution in [0.1, 0.15) is 34.7 Å². The minimum atomic E-state index is -0.463. The van der Waals surface area contributed by atoms with E-state index in [-0.39, 0.29) is 18.9 Å². The summed E-state index contributed by atoms with van der Waals surface area (Å²) in [5, 5.41) is 8.20. The molecule has 1 unspecified atom stereocenters. The Morgan fingerprint density at radius 1 is 1.29 bits per heavy atom. The SMILES string of the molecule is CCOC(=O)c1[nH]cc2c1NC1=C(C(=O)CNC1)C2c1ccc(Sc2nc3c(Cl)cccc3[nH]2)o1. The monoisotopic (exact) mass is 509 g/mol. The number of H-pyrrole nitrogens is 2. The molecule has 0 saturated heterocycles. The number of benzene rings is 1. The Morgan fingerprint density at radius 2 is 2.17 bits per heavy atom.